The molecule has 0 aromatic heterocycles. The highest BCUT2D eigenvalue weighted by Gasteiger charge is 2.48. The molecule has 0 spiro atoms. The van der Waals surface area contributed by atoms with Crippen molar-refractivity contribution in [3.63, 3.8) is 0 Å². The fourth-order valence-electron chi connectivity index (χ4n) is 6.31. The fourth-order valence-corrected chi connectivity index (χ4v) is 6.43. The monoisotopic (exact) mass is 580 g/mol. The molecule has 1 saturated carbocycles. The van der Waals surface area contributed by atoms with Gasteiger partial charge in [0, 0.05) is 49.2 Å². The van der Waals surface area contributed by atoms with Gasteiger partial charge in [-0.1, -0.05) is 43.0 Å². The van der Waals surface area contributed by atoms with Crippen LogP contribution in [0.3, 0.4) is 0 Å². The molecule has 4 rings (SSSR count). The van der Waals surface area contributed by atoms with E-state index in [0.29, 0.717) is 56.4 Å². The maximum Gasteiger partial charge on any atom is 0.227 e. The molecule has 2 aliphatic heterocycles. The Morgan fingerprint density at radius 3 is 2.21 bits per heavy atom. The van der Waals surface area contributed by atoms with Crippen LogP contribution in [0, 0.1) is 17.3 Å². The van der Waals surface area contributed by atoms with E-state index >= 15 is 0 Å². The van der Waals surface area contributed by atoms with Crippen molar-refractivity contribution in [1.82, 2.24) is 20.9 Å². The first-order valence-electron chi connectivity index (χ1n) is 14.4. The molecule has 3 amide bonds. The molecule has 0 unspecified atom stereocenters. The number of nitrogens with zero attached hydrogens (tertiary/aromatic N) is 1. The highest BCUT2D eigenvalue weighted by atomic mass is 35.5. The summed E-state index contributed by atoms with van der Waals surface area (Å²) in [5.74, 6) is 0.550. The van der Waals surface area contributed by atoms with Gasteiger partial charge >= 0.3 is 0 Å². The molecule has 0 radical (unpaired) electrons. The minimum absolute atomic E-state index is 0. The highest BCUT2D eigenvalue weighted by molar-refractivity contribution is 6.30. The topological polar surface area (TPSA) is 90.5 Å². The van der Waals surface area contributed by atoms with Gasteiger partial charge in [-0.3, -0.25) is 14.4 Å². The summed E-state index contributed by atoms with van der Waals surface area (Å²) >= 11 is 6.06. The van der Waals surface area contributed by atoms with E-state index in [4.69, 9.17) is 11.6 Å². The van der Waals surface area contributed by atoms with Crippen LogP contribution in [-0.4, -0.2) is 60.4 Å². The fraction of sp³-hybridized carbons (Fsp3) is 0.700. The van der Waals surface area contributed by atoms with Gasteiger partial charge in [-0.25, -0.2) is 0 Å². The number of hydrogen-bond donors (Lipinski definition) is 3. The second-order valence-corrected chi connectivity index (χ2v) is 13.1. The molecule has 3 aliphatic rings. The van der Waals surface area contributed by atoms with Crippen molar-refractivity contribution in [3.05, 3.63) is 34.9 Å². The Morgan fingerprint density at radius 2 is 1.67 bits per heavy atom. The molecular formula is C30H46Cl2N4O3. The van der Waals surface area contributed by atoms with Crippen LogP contribution in [0.15, 0.2) is 24.3 Å². The predicted molar refractivity (Wildman–Crippen MR) is 158 cm³/mol. The van der Waals surface area contributed by atoms with E-state index in [0.717, 1.165) is 18.4 Å². The molecule has 2 heterocycles. The van der Waals surface area contributed by atoms with Crippen LogP contribution in [0.1, 0.15) is 77.7 Å². The number of rotatable bonds is 8. The average molecular weight is 582 g/mol. The first-order chi connectivity index (χ1) is 18.1. The number of piperidine rings is 1. The van der Waals surface area contributed by atoms with Crippen molar-refractivity contribution in [1.29, 1.82) is 0 Å². The molecule has 7 nitrogen and oxygen atoms in total. The van der Waals surface area contributed by atoms with Crippen LogP contribution in [-0.2, 0) is 20.8 Å². The molecule has 1 aromatic rings. The number of carbonyl (C=O) groups excluding carboxylic acids is 3. The molecule has 1 atom stereocenters. The van der Waals surface area contributed by atoms with Crippen LogP contribution < -0.4 is 16.0 Å². The Bertz CT molecular complexity index is 977. The standard InChI is InChI=1S/C30H45ClN4O3.ClH/c1-29(2,3)34-28(38)30(23-7-5-4-6-8-23)13-15-35(16-14-30)26(36)18-25(33-27(37)22-19-32-20-22)17-21-9-11-24(31)12-10-21;/h9-12,22-23,25,32H,4-8,13-20H2,1-3H3,(H,33,37)(H,34,38);1H/t25-;/m1./s1. The summed E-state index contributed by atoms with van der Waals surface area (Å²) < 4.78 is 0. The minimum Gasteiger partial charge on any atom is -0.352 e. The van der Waals surface area contributed by atoms with Crippen molar-refractivity contribution in [2.45, 2.75) is 90.1 Å². The summed E-state index contributed by atoms with van der Waals surface area (Å²) in [5, 5.41) is 10.2. The summed E-state index contributed by atoms with van der Waals surface area (Å²) in [4.78, 5) is 41.8. The summed E-state index contributed by atoms with van der Waals surface area (Å²) in [6.45, 7) is 8.63. The van der Waals surface area contributed by atoms with Crippen molar-refractivity contribution in [3.8, 4) is 0 Å². The largest absolute Gasteiger partial charge is 0.352 e. The Hall–Kier alpha value is -1.83. The van der Waals surface area contributed by atoms with Crippen LogP contribution >= 0.6 is 24.0 Å². The van der Waals surface area contributed by atoms with Crippen molar-refractivity contribution >= 4 is 41.7 Å². The Labute approximate surface area is 245 Å². The quantitative estimate of drug-likeness (QED) is 0.422. The zero-order valence-electron chi connectivity index (χ0n) is 23.7. The lowest BCUT2D eigenvalue weighted by molar-refractivity contribution is -0.146. The number of hydrogen-bond acceptors (Lipinski definition) is 4. The SMILES string of the molecule is CC(C)(C)NC(=O)C1(C2CCCCC2)CCN(C(=O)C[C@@H](Cc2ccc(Cl)cc2)NC(=O)C2CNC2)CC1.Cl. The van der Waals surface area contributed by atoms with Gasteiger partial charge in [0.1, 0.15) is 0 Å². The molecule has 1 aromatic carbocycles. The number of carbonyl (C=O) groups is 3. The van der Waals surface area contributed by atoms with E-state index in [2.05, 4.69) is 16.0 Å². The molecule has 3 N–H and O–H groups in total. The van der Waals surface area contributed by atoms with Crippen LogP contribution in [0.5, 0.6) is 0 Å². The first kappa shape index (κ1) is 31.7. The molecule has 9 heteroatoms. The van der Waals surface area contributed by atoms with Crippen molar-refractivity contribution in [2.24, 2.45) is 17.3 Å². The summed E-state index contributed by atoms with van der Waals surface area (Å²) in [7, 11) is 0. The lowest BCUT2D eigenvalue weighted by Gasteiger charge is -2.47. The zero-order valence-corrected chi connectivity index (χ0v) is 25.3. The first-order valence-corrected chi connectivity index (χ1v) is 14.8. The maximum atomic E-state index is 13.7. The minimum atomic E-state index is -0.404. The van der Waals surface area contributed by atoms with Crippen LogP contribution in [0.2, 0.25) is 5.02 Å². The van der Waals surface area contributed by atoms with Gasteiger partial charge in [-0.2, -0.15) is 0 Å². The van der Waals surface area contributed by atoms with Gasteiger partial charge in [0.05, 0.1) is 11.3 Å². The Kier molecular flexibility index (Phi) is 11.1. The van der Waals surface area contributed by atoms with Gasteiger partial charge < -0.3 is 20.9 Å². The van der Waals surface area contributed by atoms with E-state index in [1.54, 1.807) is 0 Å². The van der Waals surface area contributed by atoms with Crippen LogP contribution in [0.25, 0.3) is 0 Å². The maximum absolute atomic E-state index is 13.7. The summed E-state index contributed by atoms with van der Waals surface area (Å²) in [6.07, 6.45) is 8.02. The molecule has 1 aliphatic carbocycles. The molecule has 218 valence electrons. The Balaban J connectivity index is 0.00000420. The molecule has 0 bridgehead atoms. The van der Waals surface area contributed by atoms with Crippen molar-refractivity contribution in [2.75, 3.05) is 26.2 Å². The second-order valence-electron chi connectivity index (χ2n) is 12.7. The smallest absolute Gasteiger partial charge is 0.227 e. The Morgan fingerprint density at radius 1 is 1.05 bits per heavy atom. The second kappa shape index (κ2) is 13.7. The molecule has 39 heavy (non-hydrogen) atoms. The third kappa shape index (κ3) is 8.34. The third-order valence-corrected chi connectivity index (χ3v) is 8.90. The third-order valence-electron chi connectivity index (χ3n) is 8.65. The molecule has 3 fully saturated rings. The average Bonchev–Trinajstić information content (AvgIpc) is 2.83. The number of nitrogens with one attached hydrogen (secondary N) is 3. The van der Waals surface area contributed by atoms with E-state index in [-0.39, 0.29) is 54.0 Å². The van der Waals surface area contributed by atoms with E-state index in [1.807, 2.05) is 49.9 Å². The number of halogens is 2. The van der Waals surface area contributed by atoms with Gasteiger partial charge in [0.2, 0.25) is 17.7 Å². The lowest BCUT2D eigenvalue weighted by Crippen LogP contribution is -2.57. The number of amides is 3. The zero-order chi connectivity index (χ0) is 27.3. The summed E-state index contributed by atoms with van der Waals surface area (Å²) in [6, 6.07) is 7.29. The van der Waals surface area contributed by atoms with Gasteiger partial charge in [0.15, 0.2) is 0 Å². The van der Waals surface area contributed by atoms with E-state index in [9.17, 15) is 14.4 Å². The van der Waals surface area contributed by atoms with Crippen molar-refractivity contribution < 1.29 is 14.4 Å². The van der Waals surface area contributed by atoms with Crippen LogP contribution in [0.4, 0.5) is 0 Å². The molecular weight excluding hydrogens is 535 g/mol. The lowest BCUT2D eigenvalue weighted by atomic mass is 9.63. The van der Waals surface area contributed by atoms with Gasteiger partial charge in [-0.15, -0.1) is 12.4 Å². The summed E-state index contributed by atoms with van der Waals surface area (Å²) in [5.41, 5.74) is 0.348. The number of benzene rings is 1. The van der Waals surface area contributed by atoms with Gasteiger partial charge in [0.25, 0.3) is 0 Å². The van der Waals surface area contributed by atoms with E-state index in [1.165, 1.54) is 19.3 Å². The van der Waals surface area contributed by atoms with E-state index < -0.39 is 5.41 Å². The molecule has 2 saturated heterocycles. The number of likely N-dealkylation sites (tertiary alicyclic amines) is 1. The predicted octanol–water partition coefficient (Wildman–Crippen LogP) is 4.50. The highest BCUT2D eigenvalue weighted by Crippen LogP contribution is 2.46. The van der Waals surface area contributed by atoms with Gasteiger partial charge in [-0.05, 0) is 76.5 Å². The normalized spacial score (nSPS) is 20.8.